The molecule has 0 amide bonds. The first-order chi connectivity index (χ1) is 28.7. The summed E-state index contributed by atoms with van der Waals surface area (Å²) in [5.74, 6) is -0.289. The molecule has 10 heteroatoms. The maximum atomic E-state index is 13.9. The molecule has 3 aliphatic rings. The predicted octanol–water partition coefficient (Wildman–Crippen LogP) is 9.67. The van der Waals surface area contributed by atoms with Crippen LogP contribution in [0.4, 0.5) is 0 Å². The first kappa shape index (κ1) is 41.3. The third-order valence-corrected chi connectivity index (χ3v) is 12.0. The van der Waals surface area contributed by atoms with Gasteiger partial charge in [0.2, 0.25) is 11.6 Å². The molecule has 0 saturated carbocycles. The Kier molecular flexibility index (Phi) is 12.8. The molecule has 306 valence electrons. The first-order valence-electron chi connectivity index (χ1n) is 20.9. The van der Waals surface area contributed by atoms with Crippen LogP contribution >= 0.6 is 0 Å². The van der Waals surface area contributed by atoms with E-state index < -0.39 is 11.9 Å². The summed E-state index contributed by atoms with van der Waals surface area (Å²) in [6, 6.07) is 22.6. The lowest BCUT2D eigenvalue weighted by molar-refractivity contribution is -0.143. The number of carbonyl (C=O) groups excluding carboxylic acids is 4. The van der Waals surface area contributed by atoms with Gasteiger partial charge in [0.05, 0.1) is 27.1 Å². The molecule has 0 saturated heterocycles. The van der Waals surface area contributed by atoms with Crippen molar-refractivity contribution in [3.05, 3.63) is 117 Å². The molecule has 4 aromatic carbocycles. The molecule has 10 nitrogen and oxygen atoms in total. The molecular formula is C49H52N2O8. The van der Waals surface area contributed by atoms with Gasteiger partial charge < -0.3 is 19.1 Å². The number of hydrogen-bond donors (Lipinski definition) is 0. The SMILES string of the molecule is CCCCCCC1(CCCCCC)c2cc3c(cc2-c2cc4c(cc21)C/C(=N/OC(=O)Cc1ccc(OC)cc1)C4=O)C(=O)/C(=N\OC(=O)Cc1ccc(OC)cc1)C3. The van der Waals surface area contributed by atoms with E-state index in [0.717, 1.165) is 97.6 Å². The highest BCUT2D eigenvalue weighted by Gasteiger charge is 2.46. The average Bonchev–Trinajstić information content (AvgIpc) is 3.83. The molecule has 0 bridgehead atoms. The van der Waals surface area contributed by atoms with Crippen molar-refractivity contribution in [2.24, 2.45) is 10.3 Å². The Bertz CT molecular complexity index is 2140. The summed E-state index contributed by atoms with van der Waals surface area (Å²) in [4.78, 5) is 63.9. The predicted molar refractivity (Wildman–Crippen MR) is 227 cm³/mol. The van der Waals surface area contributed by atoms with E-state index in [4.69, 9.17) is 19.1 Å². The van der Waals surface area contributed by atoms with Gasteiger partial charge in [-0.15, -0.1) is 0 Å². The van der Waals surface area contributed by atoms with Crippen molar-refractivity contribution in [1.29, 1.82) is 0 Å². The van der Waals surface area contributed by atoms with Crippen LogP contribution in [0, 0.1) is 0 Å². The van der Waals surface area contributed by atoms with E-state index in [1.165, 1.54) is 11.1 Å². The number of ketones is 2. The van der Waals surface area contributed by atoms with E-state index in [0.29, 0.717) is 22.6 Å². The van der Waals surface area contributed by atoms with E-state index in [1.807, 2.05) is 12.1 Å². The lowest BCUT2D eigenvalue weighted by atomic mass is 9.70. The fourth-order valence-corrected chi connectivity index (χ4v) is 8.83. The van der Waals surface area contributed by atoms with Crippen LogP contribution in [-0.2, 0) is 50.4 Å². The van der Waals surface area contributed by atoms with E-state index in [2.05, 4.69) is 36.3 Å². The number of fused-ring (bicyclic) bond motifs is 5. The number of benzene rings is 4. The fraction of sp³-hybridized carbons (Fsp3) is 0.388. The smallest absolute Gasteiger partial charge is 0.339 e. The van der Waals surface area contributed by atoms with E-state index in [9.17, 15) is 19.2 Å². The number of ether oxygens (including phenoxy) is 2. The molecule has 0 N–H and O–H groups in total. The van der Waals surface area contributed by atoms with Gasteiger partial charge in [0.25, 0.3) is 0 Å². The lowest BCUT2D eigenvalue weighted by Crippen LogP contribution is -2.26. The Morgan fingerprint density at radius 3 is 1.34 bits per heavy atom. The minimum Gasteiger partial charge on any atom is -0.497 e. The molecule has 7 rings (SSSR count). The zero-order valence-electron chi connectivity index (χ0n) is 34.5. The van der Waals surface area contributed by atoms with Crippen molar-refractivity contribution in [3.8, 4) is 22.6 Å². The second-order valence-electron chi connectivity index (χ2n) is 15.9. The second kappa shape index (κ2) is 18.4. The molecule has 0 aliphatic heterocycles. The van der Waals surface area contributed by atoms with Gasteiger partial charge >= 0.3 is 11.9 Å². The number of oxime groups is 2. The summed E-state index contributed by atoms with van der Waals surface area (Å²) in [6.07, 6.45) is 11.3. The number of nitrogens with zero attached hydrogens (tertiary/aromatic N) is 2. The van der Waals surface area contributed by atoms with Gasteiger partial charge in [0.15, 0.2) is 0 Å². The summed E-state index contributed by atoms with van der Waals surface area (Å²) in [6.45, 7) is 4.43. The van der Waals surface area contributed by atoms with Crippen molar-refractivity contribution < 1.29 is 38.3 Å². The third-order valence-electron chi connectivity index (χ3n) is 12.0. The molecule has 0 heterocycles. The van der Waals surface area contributed by atoms with Crippen LogP contribution in [0.5, 0.6) is 11.5 Å². The van der Waals surface area contributed by atoms with Crippen LogP contribution in [0.15, 0.2) is 83.1 Å². The minimum atomic E-state index is -0.561. The highest BCUT2D eigenvalue weighted by Crippen LogP contribution is 2.56. The second-order valence-corrected chi connectivity index (χ2v) is 15.9. The highest BCUT2D eigenvalue weighted by atomic mass is 16.7. The Hall–Kier alpha value is -5.90. The highest BCUT2D eigenvalue weighted by molar-refractivity contribution is 6.50. The van der Waals surface area contributed by atoms with Gasteiger partial charge in [-0.05, 0) is 93.7 Å². The van der Waals surface area contributed by atoms with Crippen LogP contribution in [0.3, 0.4) is 0 Å². The van der Waals surface area contributed by atoms with Gasteiger partial charge in [0.1, 0.15) is 22.9 Å². The zero-order chi connectivity index (χ0) is 41.5. The van der Waals surface area contributed by atoms with Crippen molar-refractivity contribution in [1.82, 2.24) is 0 Å². The number of hydrogen-bond acceptors (Lipinski definition) is 10. The summed E-state index contributed by atoms with van der Waals surface area (Å²) >= 11 is 0. The summed E-state index contributed by atoms with van der Waals surface area (Å²) < 4.78 is 10.4. The topological polar surface area (TPSA) is 130 Å². The van der Waals surface area contributed by atoms with E-state index >= 15 is 0 Å². The average molecular weight is 797 g/mol. The Balaban J connectivity index is 1.19. The van der Waals surface area contributed by atoms with Crippen molar-refractivity contribution >= 4 is 34.9 Å². The summed E-state index contributed by atoms with van der Waals surface area (Å²) in [7, 11) is 3.16. The van der Waals surface area contributed by atoms with Crippen LogP contribution in [0.2, 0.25) is 0 Å². The quantitative estimate of drug-likeness (QED) is 0.0553. The lowest BCUT2D eigenvalue weighted by Gasteiger charge is -2.33. The van der Waals surface area contributed by atoms with Crippen LogP contribution in [0.1, 0.15) is 132 Å². The molecule has 0 fully saturated rings. The number of rotatable bonds is 18. The Morgan fingerprint density at radius 1 is 0.559 bits per heavy atom. The third kappa shape index (κ3) is 8.77. The van der Waals surface area contributed by atoms with Crippen LogP contribution in [-0.4, -0.2) is 49.1 Å². The van der Waals surface area contributed by atoms with E-state index in [-0.39, 0.29) is 54.1 Å². The van der Waals surface area contributed by atoms with Crippen LogP contribution in [0.25, 0.3) is 11.1 Å². The Labute approximate surface area is 346 Å². The standard InChI is InChI=1S/C49H52N2O8/c1-5-7-9-11-21-49(22-12-10-8-6-2)41-25-33-27-43(50-58-45(52)23-31-13-17-35(56-3)18-14-31)47(54)37(33)29-39(41)40-30-38-34(26-42(40)49)28-44(48(38)55)51-59-46(53)24-32-15-19-36(57-4)20-16-32/h13-20,25-26,29-30H,5-12,21-24,27-28H2,1-4H3/b50-43-,51-44-. The molecule has 0 radical (unpaired) electrons. The summed E-state index contributed by atoms with van der Waals surface area (Å²) in [5.41, 5.74) is 8.61. The minimum absolute atomic E-state index is 0.00711. The van der Waals surface area contributed by atoms with Crippen LogP contribution < -0.4 is 9.47 Å². The first-order valence-corrected chi connectivity index (χ1v) is 20.9. The number of unbranched alkanes of at least 4 members (excludes halogenated alkanes) is 6. The fourth-order valence-electron chi connectivity index (χ4n) is 8.83. The van der Waals surface area contributed by atoms with Gasteiger partial charge in [0, 0.05) is 29.4 Å². The molecule has 0 unspecified atom stereocenters. The van der Waals surface area contributed by atoms with Crippen molar-refractivity contribution in [2.45, 2.75) is 109 Å². The normalized spacial score (nSPS) is 15.9. The molecule has 4 aromatic rings. The molecule has 0 spiro atoms. The van der Waals surface area contributed by atoms with Gasteiger partial charge in [-0.25, -0.2) is 9.59 Å². The van der Waals surface area contributed by atoms with Gasteiger partial charge in [-0.1, -0.05) is 112 Å². The number of carbonyl (C=O) groups is 4. The van der Waals surface area contributed by atoms with Crippen molar-refractivity contribution in [3.63, 3.8) is 0 Å². The zero-order valence-corrected chi connectivity index (χ0v) is 34.5. The largest absolute Gasteiger partial charge is 0.497 e. The molecule has 3 aliphatic carbocycles. The molecular weight excluding hydrogens is 745 g/mol. The molecule has 59 heavy (non-hydrogen) atoms. The van der Waals surface area contributed by atoms with Gasteiger partial charge in [-0.3, -0.25) is 9.59 Å². The maximum Gasteiger partial charge on any atom is 0.339 e. The maximum absolute atomic E-state index is 13.9. The summed E-state index contributed by atoms with van der Waals surface area (Å²) in [5, 5.41) is 8.18. The van der Waals surface area contributed by atoms with Gasteiger partial charge in [-0.2, -0.15) is 0 Å². The molecule has 0 atom stereocenters. The molecule has 0 aromatic heterocycles. The monoisotopic (exact) mass is 796 g/mol. The number of Topliss-reactive ketones (excluding diaryl/α,β-unsaturated/α-hetero) is 2. The van der Waals surface area contributed by atoms with Crippen molar-refractivity contribution in [2.75, 3.05) is 14.2 Å². The number of methoxy groups -OCH3 is 2. The Morgan fingerprint density at radius 2 is 0.966 bits per heavy atom. The van der Waals surface area contributed by atoms with E-state index in [1.54, 1.807) is 62.8 Å².